The maximum absolute atomic E-state index is 5.81. The molecule has 0 aliphatic heterocycles. The maximum atomic E-state index is 5.81. The third kappa shape index (κ3) is 4.49. The zero-order valence-corrected chi connectivity index (χ0v) is 10.6. The van der Waals surface area contributed by atoms with E-state index in [1.165, 1.54) is 38.9 Å². The first kappa shape index (κ1) is 12.9. The largest absolute Gasteiger partial charge is 0.330 e. The van der Waals surface area contributed by atoms with Crippen molar-refractivity contribution in [3.05, 3.63) is 0 Å². The molecule has 90 valence electrons. The van der Waals surface area contributed by atoms with Crippen molar-refractivity contribution in [1.82, 2.24) is 9.80 Å². The summed E-state index contributed by atoms with van der Waals surface area (Å²) >= 11 is 0. The molecule has 0 bridgehead atoms. The van der Waals surface area contributed by atoms with Gasteiger partial charge < -0.3 is 15.5 Å². The predicted octanol–water partition coefficient (Wildman–Crippen LogP) is 0.999. The first-order valence-corrected chi connectivity index (χ1v) is 6.19. The van der Waals surface area contributed by atoms with Gasteiger partial charge in [0.05, 0.1) is 0 Å². The second-order valence-electron chi connectivity index (χ2n) is 5.23. The lowest BCUT2D eigenvalue weighted by Crippen LogP contribution is -2.35. The molecule has 3 heteroatoms. The Morgan fingerprint density at radius 2 is 1.87 bits per heavy atom. The normalized spacial score (nSPS) is 18.8. The lowest BCUT2D eigenvalue weighted by molar-refractivity contribution is 0.220. The fourth-order valence-corrected chi connectivity index (χ4v) is 2.04. The van der Waals surface area contributed by atoms with Crippen molar-refractivity contribution >= 4 is 0 Å². The molecule has 1 fully saturated rings. The summed E-state index contributed by atoms with van der Waals surface area (Å²) in [5.41, 5.74) is 6.31. The molecule has 0 radical (unpaired) electrons. The van der Waals surface area contributed by atoms with Gasteiger partial charge in [-0.25, -0.2) is 0 Å². The molecule has 0 amide bonds. The molecule has 3 nitrogen and oxygen atoms in total. The number of hydrogen-bond donors (Lipinski definition) is 1. The highest BCUT2D eigenvalue weighted by atomic mass is 15.1. The molecule has 0 spiro atoms. The Hall–Kier alpha value is -0.120. The van der Waals surface area contributed by atoms with Crippen LogP contribution in [0.3, 0.4) is 0 Å². The Balaban J connectivity index is 2.18. The average Bonchev–Trinajstić information content (AvgIpc) is 2.96. The summed E-state index contributed by atoms with van der Waals surface area (Å²) in [5, 5.41) is 0. The number of hydrogen-bond acceptors (Lipinski definition) is 3. The van der Waals surface area contributed by atoms with Gasteiger partial charge in [0.25, 0.3) is 0 Å². The van der Waals surface area contributed by atoms with Gasteiger partial charge in [-0.2, -0.15) is 0 Å². The van der Waals surface area contributed by atoms with E-state index in [0.717, 1.165) is 13.1 Å². The van der Waals surface area contributed by atoms with Crippen LogP contribution in [-0.2, 0) is 0 Å². The summed E-state index contributed by atoms with van der Waals surface area (Å²) in [5.74, 6) is 0. The van der Waals surface area contributed by atoms with Crippen molar-refractivity contribution in [2.24, 2.45) is 11.1 Å². The van der Waals surface area contributed by atoms with Crippen molar-refractivity contribution < 1.29 is 0 Å². The van der Waals surface area contributed by atoms with Crippen LogP contribution in [0.5, 0.6) is 0 Å². The Labute approximate surface area is 94.6 Å². The smallest absolute Gasteiger partial charge is 0.00500 e. The topological polar surface area (TPSA) is 32.5 Å². The zero-order chi connectivity index (χ0) is 11.3. The van der Waals surface area contributed by atoms with Crippen LogP contribution in [0.1, 0.15) is 26.2 Å². The summed E-state index contributed by atoms with van der Waals surface area (Å²) in [6.07, 6.45) is 3.95. The summed E-state index contributed by atoms with van der Waals surface area (Å²) in [7, 11) is 4.27. The average molecular weight is 213 g/mol. The van der Waals surface area contributed by atoms with E-state index in [9.17, 15) is 0 Å². The van der Waals surface area contributed by atoms with Crippen molar-refractivity contribution in [2.45, 2.75) is 26.2 Å². The highest BCUT2D eigenvalue weighted by Crippen LogP contribution is 2.45. The van der Waals surface area contributed by atoms with Gasteiger partial charge >= 0.3 is 0 Å². The minimum atomic E-state index is 0.494. The molecule has 2 N–H and O–H groups in total. The Kier molecular flexibility index (Phi) is 5.03. The van der Waals surface area contributed by atoms with Crippen LogP contribution in [0, 0.1) is 5.41 Å². The van der Waals surface area contributed by atoms with E-state index >= 15 is 0 Å². The van der Waals surface area contributed by atoms with E-state index in [1.807, 2.05) is 0 Å². The number of nitrogens with two attached hydrogens (primary N) is 1. The molecule has 15 heavy (non-hydrogen) atoms. The van der Waals surface area contributed by atoms with E-state index < -0.39 is 0 Å². The van der Waals surface area contributed by atoms with E-state index in [0.29, 0.717) is 5.41 Å². The second-order valence-corrected chi connectivity index (χ2v) is 5.23. The molecule has 0 heterocycles. The summed E-state index contributed by atoms with van der Waals surface area (Å²) in [6, 6.07) is 0. The lowest BCUT2D eigenvalue weighted by atomic mass is 10.1. The van der Waals surface area contributed by atoms with Gasteiger partial charge in [0, 0.05) is 6.54 Å². The fourth-order valence-electron chi connectivity index (χ4n) is 2.04. The van der Waals surface area contributed by atoms with Crippen molar-refractivity contribution in [3.63, 3.8) is 0 Å². The fraction of sp³-hybridized carbons (Fsp3) is 1.00. The minimum Gasteiger partial charge on any atom is -0.330 e. The first-order chi connectivity index (χ1) is 7.12. The standard InChI is InChI=1S/C12H27N3/c1-4-15(9-5-8-14(2)3)11-12(10-13)6-7-12/h4-11,13H2,1-3H3. The van der Waals surface area contributed by atoms with E-state index in [2.05, 4.69) is 30.8 Å². The zero-order valence-electron chi connectivity index (χ0n) is 10.6. The van der Waals surface area contributed by atoms with Crippen LogP contribution < -0.4 is 5.73 Å². The summed E-state index contributed by atoms with van der Waals surface area (Å²) < 4.78 is 0. The molecule has 0 saturated heterocycles. The third-order valence-corrected chi connectivity index (χ3v) is 3.48. The molecule has 1 rings (SSSR count). The highest BCUT2D eigenvalue weighted by Gasteiger charge is 2.41. The van der Waals surface area contributed by atoms with Crippen molar-refractivity contribution in [3.8, 4) is 0 Å². The van der Waals surface area contributed by atoms with Gasteiger partial charge in [-0.05, 0) is 65.0 Å². The van der Waals surface area contributed by atoms with Gasteiger partial charge in [-0.3, -0.25) is 0 Å². The van der Waals surface area contributed by atoms with Crippen LogP contribution in [0.25, 0.3) is 0 Å². The lowest BCUT2D eigenvalue weighted by Gasteiger charge is -2.26. The molecule has 0 atom stereocenters. The Morgan fingerprint density at radius 3 is 2.27 bits per heavy atom. The molecule has 1 aliphatic carbocycles. The quantitative estimate of drug-likeness (QED) is 0.653. The molecule has 0 aromatic heterocycles. The van der Waals surface area contributed by atoms with Gasteiger partial charge in [0.15, 0.2) is 0 Å². The molecule has 1 saturated carbocycles. The van der Waals surface area contributed by atoms with Crippen LogP contribution in [-0.4, -0.2) is 56.6 Å². The maximum Gasteiger partial charge on any atom is 0.00500 e. The Morgan fingerprint density at radius 1 is 1.20 bits per heavy atom. The first-order valence-electron chi connectivity index (χ1n) is 6.19. The van der Waals surface area contributed by atoms with E-state index in [-0.39, 0.29) is 0 Å². The molecule has 0 aromatic rings. The summed E-state index contributed by atoms with van der Waals surface area (Å²) in [6.45, 7) is 7.91. The molecule has 1 aliphatic rings. The van der Waals surface area contributed by atoms with E-state index in [4.69, 9.17) is 5.73 Å². The SMILES string of the molecule is CCN(CCCN(C)C)CC1(CN)CC1. The Bertz CT molecular complexity index is 176. The van der Waals surface area contributed by atoms with Gasteiger partial charge in [0.1, 0.15) is 0 Å². The van der Waals surface area contributed by atoms with Crippen molar-refractivity contribution in [2.75, 3.05) is 46.8 Å². The number of nitrogens with zero attached hydrogens (tertiary/aromatic N) is 2. The highest BCUT2D eigenvalue weighted by molar-refractivity contribution is 4.96. The van der Waals surface area contributed by atoms with Crippen LogP contribution in [0.4, 0.5) is 0 Å². The van der Waals surface area contributed by atoms with Crippen LogP contribution in [0.15, 0.2) is 0 Å². The van der Waals surface area contributed by atoms with Gasteiger partial charge in [0.2, 0.25) is 0 Å². The molecule has 0 aromatic carbocycles. The van der Waals surface area contributed by atoms with E-state index in [1.54, 1.807) is 0 Å². The molecule has 0 unspecified atom stereocenters. The number of rotatable bonds is 8. The van der Waals surface area contributed by atoms with Crippen molar-refractivity contribution in [1.29, 1.82) is 0 Å². The van der Waals surface area contributed by atoms with Crippen LogP contribution >= 0.6 is 0 Å². The van der Waals surface area contributed by atoms with Gasteiger partial charge in [-0.1, -0.05) is 6.92 Å². The third-order valence-electron chi connectivity index (χ3n) is 3.48. The summed E-state index contributed by atoms with van der Waals surface area (Å²) in [4.78, 5) is 4.81. The second kappa shape index (κ2) is 5.83. The van der Waals surface area contributed by atoms with Crippen LogP contribution in [0.2, 0.25) is 0 Å². The molecular weight excluding hydrogens is 186 g/mol. The predicted molar refractivity (Wildman–Crippen MR) is 66.0 cm³/mol. The minimum absolute atomic E-state index is 0.494. The molecular formula is C12H27N3. The van der Waals surface area contributed by atoms with Gasteiger partial charge in [-0.15, -0.1) is 0 Å². The monoisotopic (exact) mass is 213 g/mol.